The Labute approximate surface area is 207 Å². The van der Waals surface area contributed by atoms with E-state index in [4.69, 9.17) is 4.99 Å². The van der Waals surface area contributed by atoms with Crippen molar-refractivity contribution >= 4 is 44.5 Å². The highest BCUT2D eigenvalue weighted by Gasteiger charge is 2.54. The Hall–Kier alpha value is -2.98. The van der Waals surface area contributed by atoms with Crippen molar-refractivity contribution in [3.05, 3.63) is 41.1 Å². The van der Waals surface area contributed by atoms with Crippen molar-refractivity contribution in [2.75, 3.05) is 49.1 Å². The number of nitrogens with zero attached hydrogens (tertiary/aromatic N) is 3. The number of aliphatic imine (C=N–C) groups is 1. The van der Waals surface area contributed by atoms with Gasteiger partial charge >= 0.3 is 0 Å². The third kappa shape index (κ3) is 4.64. The van der Waals surface area contributed by atoms with Crippen LogP contribution >= 0.6 is 0 Å². The number of benzene rings is 1. The molecule has 188 valence electrons. The molecule has 0 radical (unpaired) electrons. The number of hydrogen-bond donors (Lipinski definition) is 2. The van der Waals surface area contributed by atoms with Crippen molar-refractivity contribution in [2.24, 2.45) is 10.4 Å². The number of sulfonamides is 1. The molecule has 2 heterocycles. The molecule has 1 amide bonds. The minimum Gasteiger partial charge on any atom is -0.372 e. The Balaban J connectivity index is 1.84. The van der Waals surface area contributed by atoms with Gasteiger partial charge in [0.1, 0.15) is 0 Å². The summed E-state index contributed by atoms with van der Waals surface area (Å²) in [5.41, 5.74) is 2.66. The highest BCUT2D eigenvalue weighted by Crippen LogP contribution is 2.47. The van der Waals surface area contributed by atoms with Crippen LogP contribution in [0.5, 0.6) is 0 Å². The second-order valence-electron chi connectivity index (χ2n) is 9.49. The first-order chi connectivity index (χ1) is 16.5. The molecular formula is C25H33N5O4S. The van der Waals surface area contributed by atoms with Crippen LogP contribution in [0.3, 0.4) is 0 Å². The minimum absolute atomic E-state index is 0.131. The van der Waals surface area contributed by atoms with Gasteiger partial charge in [-0.15, -0.1) is 0 Å². The summed E-state index contributed by atoms with van der Waals surface area (Å²) in [5, 5.41) is 2.95. The predicted molar refractivity (Wildman–Crippen MR) is 139 cm³/mol. The molecular weight excluding hydrogens is 466 g/mol. The SMILES string of the molecule is CCN(CC)c1ccc(N=C2C=C(C)C(=O)C3=C2NC(=O)C32CCN(C)CC2)c(NS(C)(=O)=O)c1. The summed E-state index contributed by atoms with van der Waals surface area (Å²) < 4.78 is 26.8. The number of rotatable bonds is 6. The zero-order valence-electron chi connectivity index (χ0n) is 20.9. The second-order valence-corrected chi connectivity index (χ2v) is 11.2. The molecule has 4 rings (SSSR count). The molecule has 1 aromatic rings. The number of carbonyl (C=O) groups is 2. The van der Waals surface area contributed by atoms with Crippen LogP contribution in [0.4, 0.5) is 17.1 Å². The highest BCUT2D eigenvalue weighted by atomic mass is 32.2. The normalized spacial score (nSPS) is 21.3. The molecule has 1 aliphatic carbocycles. The van der Waals surface area contributed by atoms with Crippen LogP contribution in [0.1, 0.15) is 33.6 Å². The largest absolute Gasteiger partial charge is 0.372 e. The molecule has 10 heteroatoms. The molecule has 0 saturated carbocycles. The predicted octanol–water partition coefficient (Wildman–Crippen LogP) is 2.60. The third-order valence-electron chi connectivity index (χ3n) is 7.08. The van der Waals surface area contributed by atoms with E-state index in [1.54, 1.807) is 25.1 Å². The zero-order chi connectivity index (χ0) is 25.5. The first kappa shape index (κ1) is 25.1. The Bertz CT molecular complexity index is 1270. The molecule has 2 aliphatic heterocycles. The summed E-state index contributed by atoms with van der Waals surface area (Å²) in [6, 6.07) is 5.42. The molecule has 1 fully saturated rings. The maximum absolute atomic E-state index is 13.3. The van der Waals surface area contributed by atoms with Crippen LogP contribution in [-0.2, 0) is 19.6 Å². The van der Waals surface area contributed by atoms with Crippen molar-refractivity contribution in [3.63, 3.8) is 0 Å². The second kappa shape index (κ2) is 9.23. The van der Waals surface area contributed by atoms with Gasteiger partial charge in [0.25, 0.3) is 0 Å². The molecule has 3 aliphatic rings. The Morgan fingerprint density at radius 3 is 2.43 bits per heavy atom. The molecule has 9 nitrogen and oxygen atoms in total. The van der Waals surface area contributed by atoms with Gasteiger partial charge in [0.05, 0.1) is 34.5 Å². The minimum atomic E-state index is -3.56. The number of carbonyl (C=O) groups excluding carboxylic acids is 2. The van der Waals surface area contributed by atoms with Crippen molar-refractivity contribution in [1.29, 1.82) is 0 Å². The van der Waals surface area contributed by atoms with Gasteiger partial charge in [0.15, 0.2) is 5.78 Å². The summed E-state index contributed by atoms with van der Waals surface area (Å²) in [6.45, 7) is 8.78. The lowest BCUT2D eigenvalue weighted by Crippen LogP contribution is -2.45. The van der Waals surface area contributed by atoms with Gasteiger partial charge in [0.2, 0.25) is 15.9 Å². The Morgan fingerprint density at radius 1 is 1.17 bits per heavy atom. The fourth-order valence-corrected chi connectivity index (χ4v) is 5.66. The number of ketones is 1. The number of fused-ring (bicyclic) bond motifs is 1. The van der Waals surface area contributed by atoms with E-state index in [9.17, 15) is 18.0 Å². The van der Waals surface area contributed by atoms with E-state index >= 15 is 0 Å². The van der Waals surface area contributed by atoms with Gasteiger partial charge < -0.3 is 15.1 Å². The van der Waals surface area contributed by atoms with Crippen LogP contribution in [0.15, 0.2) is 46.1 Å². The average molecular weight is 500 g/mol. The van der Waals surface area contributed by atoms with Crippen LogP contribution in [-0.4, -0.2) is 70.2 Å². The number of nitrogens with one attached hydrogen (secondary N) is 2. The van der Waals surface area contributed by atoms with Crippen LogP contribution < -0.4 is 14.9 Å². The molecule has 0 bridgehead atoms. The fourth-order valence-electron chi connectivity index (χ4n) is 5.10. The number of allylic oxidation sites excluding steroid dienone is 2. The van der Waals surface area contributed by atoms with E-state index in [2.05, 4.69) is 19.8 Å². The summed E-state index contributed by atoms with van der Waals surface area (Å²) in [6.07, 6.45) is 3.90. The van der Waals surface area contributed by atoms with Crippen LogP contribution in [0, 0.1) is 5.41 Å². The summed E-state index contributed by atoms with van der Waals surface area (Å²) in [7, 11) is -1.56. The third-order valence-corrected chi connectivity index (χ3v) is 7.67. The van der Waals surface area contributed by atoms with Gasteiger partial charge in [-0.25, -0.2) is 13.4 Å². The van der Waals surface area contributed by atoms with Gasteiger partial charge in [-0.2, -0.15) is 0 Å². The molecule has 0 aromatic heterocycles. The lowest BCUT2D eigenvalue weighted by atomic mass is 9.69. The first-order valence-corrected chi connectivity index (χ1v) is 13.8. The van der Waals surface area contributed by atoms with E-state index in [0.717, 1.165) is 38.1 Å². The van der Waals surface area contributed by atoms with Gasteiger partial charge in [-0.1, -0.05) is 0 Å². The molecule has 0 unspecified atom stereocenters. The van der Waals surface area contributed by atoms with E-state index in [1.807, 2.05) is 27.0 Å². The number of likely N-dealkylation sites (tertiary alicyclic amines) is 1. The number of Topliss-reactive ketones (excluding diaryl/α,β-unsaturated/α-hetero) is 1. The van der Waals surface area contributed by atoms with E-state index in [0.29, 0.717) is 46.8 Å². The molecule has 1 aromatic carbocycles. The van der Waals surface area contributed by atoms with Crippen molar-refractivity contribution in [3.8, 4) is 0 Å². The van der Waals surface area contributed by atoms with E-state index < -0.39 is 15.4 Å². The maximum Gasteiger partial charge on any atom is 0.235 e. The number of amides is 1. The molecule has 2 N–H and O–H groups in total. The number of anilines is 2. The topological polar surface area (TPSA) is 111 Å². The first-order valence-electron chi connectivity index (χ1n) is 11.9. The average Bonchev–Trinajstić information content (AvgIpc) is 3.07. The molecule has 1 spiro atoms. The van der Waals surface area contributed by atoms with Crippen molar-refractivity contribution in [2.45, 2.75) is 33.6 Å². The monoisotopic (exact) mass is 499 g/mol. The van der Waals surface area contributed by atoms with E-state index in [-0.39, 0.29) is 11.7 Å². The maximum atomic E-state index is 13.3. The Kier molecular flexibility index (Phi) is 6.63. The lowest BCUT2D eigenvalue weighted by molar-refractivity contribution is -0.130. The van der Waals surface area contributed by atoms with Crippen molar-refractivity contribution in [1.82, 2.24) is 10.2 Å². The van der Waals surface area contributed by atoms with Crippen LogP contribution in [0.25, 0.3) is 0 Å². The van der Waals surface area contributed by atoms with Crippen LogP contribution in [0.2, 0.25) is 0 Å². The standard InChI is InChI=1S/C25H33N5O4S/c1-6-30(7-2)17-8-9-18(19(15-17)28-35(5,33)34)26-20-14-16(3)23(31)21-22(20)27-24(32)25(21)10-12-29(4)13-11-25/h8-9,14-15,28H,6-7,10-13H2,1-5H3,(H,27,32). The highest BCUT2D eigenvalue weighted by molar-refractivity contribution is 7.92. The smallest absolute Gasteiger partial charge is 0.235 e. The quantitative estimate of drug-likeness (QED) is 0.582. The molecule has 1 saturated heterocycles. The number of hydrogen-bond acceptors (Lipinski definition) is 7. The fraction of sp³-hybridized carbons (Fsp3) is 0.480. The number of piperidine rings is 1. The van der Waals surface area contributed by atoms with Gasteiger partial charge in [-0.3, -0.25) is 14.3 Å². The lowest BCUT2D eigenvalue weighted by Gasteiger charge is -2.37. The van der Waals surface area contributed by atoms with Gasteiger partial charge in [0, 0.05) is 24.4 Å². The summed E-state index contributed by atoms with van der Waals surface area (Å²) in [5.74, 6) is -0.292. The van der Waals surface area contributed by atoms with Gasteiger partial charge in [-0.05, 0) is 83.6 Å². The van der Waals surface area contributed by atoms with E-state index in [1.165, 1.54) is 0 Å². The molecule has 35 heavy (non-hydrogen) atoms. The zero-order valence-corrected chi connectivity index (χ0v) is 21.8. The Morgan fingerprint density at radius 2 is 1.83 bits per heavy atom. The summed E-state index contributed by atoms with van der Waals surface area (Å²) >= 11 is 0. The molecule has 0 atom stereocenters. The summed E-state index contributed by atoms with van der Waals surface area (Å²) in [4.78, 5) is 35.5. The van der Waals surface area contributed by atoms with Crippen molar-refractivity contribution < 1.29 is 18.0 Å².